The van der Waals surface area contributed by atoms with Gasteiger partial charge in [-0.05, 0) is 31.8 Å². The lowest BCUT2D eigenvalue weighted by Crippen LogP contribution is -2.21. The largest absolute Gasteiger partial charge is 0.406 e. The Kier molecular flexibility index (Phi) is 4.55. The highest BCUT2D eigenvalue weighted by Crippen LogP contribution is 2.27. The molecular formula is C13H20N4OS. The third kappa shape index (κ3) is 3.13. The van der Waals surface area contributed by atoms with E-state index in [1.165, 1.54) is 4.88 Å². The fraction of sp³-hybridized carbons (Fsp3) is 0.538. The van der Waals surface area contributed by atoms with Crippen LogP contribution in [0.15, 0.2) is 21.9 Å². The number of anilines is 1. The van der Waals surface area contributed by atoms with Crippen LogP contribution in [0.5, 0.6) is 0 Å². The van der Waals surface area contributed by atoms with Gasteiger partial charge in [-0.2, -0.15) is 0 Å². The van der Waals surface area contributed by atoms with Crippen LogP contribution >= 0.6 is 11.3 Å². The molecule has 0 fully saturated rings. The minimum Gasteiger partial charge on any atom is -0.406 e. The molecular weight excluding hydrogens is 260 g/mol. The summed E-state index contributed by atoms with van der Waals surface area (Å²) < 4.78 is 5.72. The van der Waals surface area contributed by atoms with Gasteiger partial charge in [0.2, 0.25) is 5.89 Å². The van der Waals surface area contributed by atoms with Gasteiger partial charge in [0, 0.05) is 11.9 Å². The molecule has 2 atom stereocenters. The smallest absolute Gasteiger partial charge is 0.318 e. The van der Waals surface area contributed by atoms with E-state index < -0.39 is 0 Å². The molecule has 2 heterocycles. The van der Waals surface area contributed by atoms with Crippen molar-refractivity contribution in [1.82, 2.24) is 15.5 Å². The summed E-state index contributed by atoms with van der Waals surface area (Å²) in [5.41, 5.74) is 0. The second-order valence-corrected chi connectivity index (χ2v) is 5.48. The first kappa shape index (κ1) is 14.0. The van der Waals surface area contributed by atoms with E-state index in [2.05, 4.69) is 46.9 Å². The highest BCUT2D eigenvalue weighted by Gasteiger charge is 2.20. The minimum absolute atomic E-state index is 0.0803. The Morgan fingerprint density at radius 1 is 1.42 bits per heavy atom. The summed E-state index contributed by atoms with van der Waals surface area (Å²) in [5.74, 6) is 0.627. The Balaban J connectivity index is 2.09. The van der Waals surface area contributed by atoms with E-state index in [1.54, 1.807) is 11.3 Å². The normalized spacial score (nSPS) is 14.3. The first-order valence-corrected chi connectivity index (χ1v) is 7.34. The Morgan fingerprint density at radius 2 is 2.21 bits per heavy atom. The zero-order chi connectivity index (χ0) is 13.8. The molecule has 2 aromatic heterocycles. The quantitative estimate of drug-likeness (QED) is 0.881. The van der Waals surface area contributed by atoms with Crippen LogP contribution < -0.4 is 10.2 Å². The van der Waals surface area contributed by atoms with E-state index in [1.807, 2.05) is 18.9 Å². The van der Waals surface area contributed by atoms with E-state index in [9.17, 15) is 0 Å². The van der Waals surface area contributed by atoms with Gasteiger partial charge < -0.3 is 14.6 Å². The van der Waals surface area contributed by atoms with Gasteiger partial charge in [-0.15, -0.1) is 16.4 Å². The lowest BCUT2D eigenvalue weighted by Gasteiger charge is -2.21. The maximum Gasteiger partial charge on any atom is 0.318 e. The molecule has 0 aliphatic carbocycles. The van der Waals surface area contributed by atoms with Crippen LogP contribution in [0.2, 0.25) is 0 Å². The first-order chi connectivity index (χ1) is 9.13. The molecule has 104 valence electrons. The molecule has 1 N–H and O–H groups in total. The van der Waals surface area contributed by atoms with Gasteiger partial charge in [0.25, 0.3) is 0 Å². The Hall–Kier alpha value is -1.40. The van der Waals surface area contributed by atoms with Gasteiger partial charge in [0.1, 0.15) is 0 Å². The van der Waals surface area contributed by atoms with Crippen LogP contribution in [0.3, 0.4) is 0 Å². The Morgan fingerprint density at radius 3 is 2.84 bits per heavy atom. The van der Waals surface area contributed by atoms with Gasteiger partial charge in [-0.25, -0.2) is 0 Å². The Labute approximate surface area is 117 Å². The van der Waals surface area contributed by atoms with Crippen molar-refractivity contribution in [3.8, 4) is 0 Å². The summed E-state index contributed by atoms with van der Waals surface area (Å²) in [6, 6.07) is 5.03. The molecule has 0 radical (unpaired) electrons. The summed E-state index contributed by atoms with van der Waals surface area (Å²) in [7, 11) is 1.97. The number of nitrogens with zero attached hydrogens (tertiary/aromatic N) is 3. The average molecular weight is 280 g/mol. The molecule has 0 saturated carbocycles. The average Bonchev–Trinajstić information content (AvgIpc) is 3.08. The van der Waals surface area contributed by atoms with Crippen molar-refractivity contribution in [3.05, 3.63) is 28.3 Å². The lowest BCUT2D eigenvalue weighted by atomic mass is 10.2. The first-order valence-electron chi connectivity index (χ1n) is 6.46. The topological polar surface area (TPSA) is 54.2 Å². The molecule has 2 rings (SSSR count). The second kappa shape index (κ2) is 6.16. The minimum atomic E-state index is 0.0803. The highest BCUT2D eigenvalue weighted by atomic mass is 32.1. The van der Waals surface area contributed by atoms with Crippen molar-refractivity contribution in [1.29, 1.82) is 0 Å². The standard InChI is InChI=1S/C13H20N4OS/c1-5-14-9(2)12-15-16-13(18-12)17(4)10(3)11-7-6-8-19-11/h6-10,14H,5H2,1-4H3. The fourth-order valence-corrected chi connectivity index (χ4v) is 2.65. The van der Waals surface area contributed by atoms with Crippen LogP contribution in [0, 0.1) is 0 Å². The zero-order valence-corrected chi connectivity index (χ0v) is 12.6. The number of aromatic nitrogens is 2. The SMILES string of the molecule is CCNC(C)c1nnc(N(C)C(C)c2cccs2)o1. The van der Waals surface area contributed by atoms with Crippen molar-refractivity contribution in [3.63, 3.8) is 0 Å². The van der Waals surface area contributed by atoms with E-state index in [0.717, 1.165) is 6.54 Å². The van der Waals surface area contributed by atoms with Crippen molar-refractivity contribution in [2.45, 2.75) is 32.9 Å². The van der Waals surface area contributed by atoms with Crippen molar-refractivity contribution < 1.29 is 4.42 Å². The number of hydrogen-bond donors (Lipinski definition) is 1. The lowest BCUT2D eigenvalue weighted by molar-refractivity contribution is 0.417. The molecule has 0 aliphatic heterocycles. The molecule has 2 aromatic rings. The predicted molar refractivity (Wildman–Crippen MR) is 77.5 cm³/mol. The van der Waals surface area contributed by atoms with E-state index >= 15 is 0 Å². The number of thiophene rings is 1. The second-order valence-electron chi connectivity index (χ2n) is 4.50. The van der Waals surface area contributed by atoms with Crippen LogP contribution in [0.25, 0.3) is 0 Å². The van der Waals surface area contributed by atoms with Gasteiger partial charge >= 0.3 is 6.01 Å². The maximum atomic E-state index is 5.72. The van der Waals surface area contributed by atoms with Crippen LogP contribution in [-0.4, -0.2) is 23.8 Å². The molecule has 19 heavy (non-hydrogen) atoms. The van der Waals surface area contributed by atoms with E-state index in [0.29, 0.717) is 11.9 Å². The molecule has 0 saturated heterocycles. The van der Waals surface area contributed by atoms with Crippen molar-refractivity contribution >= 4 is 17.4 Å². The van der Waals surface area contributed by atoms with E-state index in [4.69, 9.17) is 4.42 Å². The number of nitrogens with one attached hydrogen (secondary N) is 1. The fourth-order valence-electron chi connectivity index (χ4n) is 1.82. The monoisotopic (exact) mass is 280 g/mol. The molecule has 0 aromatic carbocycles. The van der Waals surface area contributed by atoms with Crippen molar-refractivity contribution in [2.75, 3.05) is 18.5 Å². The van der Waals surface area contributed by atoms with E-state index in [-0.39, 0.29) is 12.1 Å². The van der Waals surface area contributed by atoms with Gasteiger partial charge in [0.05, 0.1) is 12.1 Å². The van der Waals surface area contributed by atoms with Gasteiger partial charge in [-0.3, -0.25) is 0 Å². The van der Waals surface area contributed by atoms with Gasteiger partial charge in [0.15, 0.2) is 0 Å². The maximum absolute atomic E-state index is 5.72. The summed E-state index contributed by atoms with van der Waals surface area (Å²) >= 11 is 1.73. The van der Waals surface area contributed by atoms with Crippen LogP contribution in [0.4, 0.5) is 6.01 Å². The summed E-state index contributed by atoms with van der Waals surface area (Å²) in [4.78, 5) is 3.28. The third-order valence-corrected chi connectivity index (χ3v) is 4.19. The summed E-state index contributed by atoms with van der Waals surface area (Å²) in [6.45, 7) is 7.08. The predicted octanol–water partition coefficient (Wildman–Crippen LogP) is 3.00. The summed E-state index contributed by atoms with van der Waals surface area (Å²) in [6.07, 6.45) is 0. The van der Waals surface area contributed by atoms with Gasteiger partial charge in [-0.1, -0.05) is 18.1 Å². The molecule has 5 nitrogen and oxygen atoms in total. The number of hydrogen-bond acceptors (Lipinski definition) is 6. The highest BCUT2D eigenvalue weighted by molar-refractivity contribution is 7.10. The Bertz CT molecular complexity index is 496. The van der Waals surface area contributed by atoms with Crippen LogP contribution in [-0.2, 0) is 0 Å². The molecule has 0 aliphatic rings. The molecule has 0 bridgehead atoms. The third-order valence-electron chi connectivity index (χ3n) is 3.15. The molecule has 6 heteroatoms. The van der Waals surface area contributed by atoms with Crippen LogP contribution in [0.1, 0.15) is 43.6 Å². The zero-order valence-electron chi connectivity index (χ0n) is 11.8. The molecule has 2 unspecified atom stereocenters. The summed E-state index contributed by atoms with van der Waals surface area (Å²) in [5, 5.41) is 13.6. The molecule has 0 amide bonds. The van der Waals surface area contributed by atoms with Crippen molar-refractivity contribution in [2.24, 2.45) is 0 Å². The molecule has 0 spiro atoms. The number of rotatable bonds is 6.